The maximum atomic E-state index is 12.8. The van der Waals surface area contributed by atoms with Crippen molar-refractivity contribution < 1.29 is 22.7 Å². The molecule has 0 aromatic heterocycles. The Morgan fingerprint density at radius 3 is 2.22 bits per heavy atom. The molecule has 2 N–H and O–H groups in total. The van der Waals surface area contributed by atoms with Crippen LogP contribution in [0, 0.1) is 5.92 Å². The van der Waals surface area contributed by atoms with Crippen LogP contribution in [0.15, 0.2) is 47.4 Å². The van der Waals surface area contributed by atoms with E-state index in [1.54, 1.807) is 30.3 Å². The number of methoxy groups -OCH3 is 2. The highest BCUT2D eigenvalue weighted by atomic mass is 32.2. The van der Waals surface area contributed by atoms with Crippen molar-refractivity contribution in [3.05, 3.63) is 42.5 Å². The molecular formula is C19H22N2O5S. The molecule has 0 bridgehead atoms. The molecule has 2 aromatic carbocycles. The fourth-order valence-corrected chi connectivity index (χ4v) is 4.00. The van der Waals surface area contributed by atoms with Crippen LogP contribution < -0.4 is 19.5 Å². The molecule has 0 spiro atoms. The van der Waals surface area contributed by atoms with Crippen molar-refractivity contribution in [1.29, 1.82) is 0 Å². The van der Waals surface area contributed by atoms with E-state index < -0.39 is 10.0 Å². The number of carbonyl (C=O) groups is 1. The van der Waals surface area contributed by atoms with E-state index in [-0.39, 0.29) is 22.5 Å². The van der Waals surface area contributed by atoms with Gasteiger partial charge in [-0.2, -0.15) is 0 Å². The SMILES string of the molecule is COc1ccc(NS(=O)(=O)c2cc(NC(=O)C3CCC3)ccc2OC)cc1. The molecule has 1 saturated carbocycles. The molecule has 8 heteroatoms. The van der Waals surface area contributed by atoms with E-state index >= 15 is 0 Å². The molecule has 1 fully saturated rings. The van der Waals surface area contributed by atoms with Crippen LogP contribution >= 0.6 is 0 Å². The number of hydrogen-bond donors (Lipinski definition) is 2. The maximum Gasteiger partial charge on any atom is 0.265 e. The Balaban J connectivity index is 1.85. The standard InChI is InChI=1S/C19H22N2O5S/c1-25-16-9-6-14(7-10-16)21-27(23,24)18-12-15(8-11-17(18)26-2)20-19(22)13-4-3-5-13/h6-13,21H,3-5H2,1-2H3,(H,20,22). The van der Waals surface area contributed by atoms with Gasteiger partial charge in [0.1, 0.15) is 16.4 Å². The molecule has 1 amide bonds. The van der Waals surface area contributed by atoms with Crippen molar-refractivity contribution in [3.63, 3.8) is 0 Å². The lowest BCUT2D eigenvalue weighted by molar-refractivity contribution is -0.122. The lowest BCUT2D eigenvalue weighted by Crippen LogP contribution is -2.28. The Hall–Kier alpha value is -2.74. The van der Waals surface area contributed by atoms with Crippen molar-refractivity contribution in [3.8, 4) is 11.5 Å². The predicted octanol–water partition coefficient (Wildman–Crippen LogP) is 3.24. The topological polar surface area (TPSA) is 93.7 Å². The Morgan fingerprint density at radius 2 is 1.67 bits per heavy atom. The molecule has 1 aliphatic carbocycles. The van der Waals surface area contributed by atoms with Crippen LogP contribution in [-0.4, -0.2) is 28.5 Å². The summed E-state index contributed by atoms with van der Waals surface area (Å²) in [6.45, 7) is 0. The third-order valence-electron chi connectivity index (χ3n) is 4.54. The average molecular weight is 390 g/mol. The molecule has 0 radical (unpaired) electrons. The molecule has 7 nitrogen and oxygen atoms in total. The summed E-state index contributed by atoms with van der Waals surface area (Å²) >= 11 is 0. The van der Waals surface area contributed by atoms with Gasteiger partial charge < -0.3 is 14.8 Å². The molecule has 0 atom stereocenters. The number of sulfonamides is 1. The van der Waals surface area contributed by atoms with Crippen LogP contribution in [0.4, 0.5) is 11.4 Å². The van der Waals surface area contributed by atoms with Gasteiger partial charge in [-0.3, -0.25) is 9.52 Å². The van der Waals surface area contributed by atoms with Crippen LogP contribution in [0.3, 0.4) is 0 Å². The number of rotatable bonds is 7. The fraction of sp³-hybridized carbons (Fsp3) is 0.316. The van der Waals surface area contributed by atoms with Crippen LogP contribution in [0.1, 0.15) is 19.3 Å². The largest absolute Gasteiger partial charge is 0.497 e. The first-order valence-corrected chi connectivity index (χ1v) is 10.1. The van der Waals surface area contributed by atoms with Crippen molar-refractivity contribution in [2.75, 3.05) is 24.3 Å². The Labute approximate surface area is 158 Å². The first-order valence-electron chi connectivity index (χ1n) is 8.59. The summed E-state index contributed by atoms with van der Waals surface area (Å²) in [5.74, 6) is 0.733. The van der Waals surface area contributed by atoms with Gasteiger partial charge in [0.2, 0.25) is 5.91 Å². The lowest BCUT2D eigenvalue weighted by atomic mass is 9.85. The highest BCUT2D eigenvalue weighted by Gasteiger charge is 2.26. The number of nitrogens with one attached hydrogen (secondary N) is 2. The first kappa shape index (κ1) is 19.0. The zero-order valence-electron chi connectivity index (χ0n) is 15.2. The number of carbonyl (C=O) groups excluding carboxylic acids is 1. The zero-order chi connectivity index (χ0) is 19.4. The molecule has 1 aliphatic rings. The second kappa shape index (κ2) is 7.87. The second-order valence-electron chi connectivity index (χ2n) is 6.32. The molecule has 144 valence electrons. The van der Waals surface area contributed by atoms with Crippen molar-refractivity contribution in [2.45, 2.75) is 24.2 Å². The number of hydrogen-bond acceptors (Lipinski definition) is 5. The summed E-state index contributed by atoms with van der Waals surface area (Å²) < 4.78 is 38.5. The van der Waals surface area contributed by atoms with Gasteiger partial charge in [0.25, 0.3) is 10.0 Å². The fourth-order valence-electron chi connectivity index (χ4n) is 2.75. The van der Waals surface area contributed by atoms with E-state index in [0.717, 1.165) is 19.3 Å². The van der Waals surface area contributed by atoms with Crippen LogP contribution in [0.25, 0.3) is 0 Å². The third-order valence-corrected chi connectivity index (χ3v) is 5.94. The van der Waals surface area contributed by atoms with Crippen molar-refractivity contribution in [1.82, 2.24) is 0 Å². The van der Waals surface area contributed by atoms with E-state index in [9.17, 15) is 13.2 Å². The van der Waals surface area contributed by atoms with Gasteiger partial charge in [-0.1, -0.05) is 6.42 Å². The molecule has 0 aliphatic heterocycles. The van der Waals surface area contributed by atoms with Gasteiger partial charge in [0.15, 0.2) is 0 Å². The molecule has 27 heavy (non-hydrogen) atoms. The Bertz CT molecular complexity index is 922. The molecular weight excluding hydrogens is 368 g/mol. The highest BCUT2D eigenvalue weighted by molar-refractivity contribution is 7.92. The average Bonchev–Trinajstić information content (AvgIpc) is 2.60. The van der Waals surface area contributed by atoms with Crippen LogP contribution in [0.2, 0.25) is 0 Å². The predicted molar refractivity (Wildman–Crippen MR) is 103 cm³/mol. The van der Waals surface area contributed by atoms with Gasteiger partial charge in [-0.25, -0.2) is 8.42 Å². The molecule has 0 heterocycles. The zero-order valence-corrected chi connectivity index (χ0v) is 16.0. The Kier molecular flexibility index (Phi) is 5.55. The number of amides is 1. The van der Waals surface area contributed by atoms with E-state index in [1.165, 1.54) is 26.4 Å². The van der Waals surface area contributed by atoms with E-state index in [0.29, 0.717) is 17.1 Å². The van der Waals surface area contributed by atoms with Gasteiger partial charge in [-0.15, -0.1) is 0 Å². The highest BCUT2D eigenvalue weighted by Crippen LogP contribution is 2.31. The number of ether oxygens (including phenoxy) is 2. The molecule has 0 unspecified atom stereocenters. The van der Waals surface area contributed by atoms with Crippen LogP contribution in [-0.2, 0) is 14.8 Å². The third kappa shape index (κ3) is 4.33. The van der Waals surface area contributed by atoms with Crippen molar-refractivity contribution >= 4 is 27.3 Å². The van der Waals surface area contributed by atoms with Gasteiger partial charge in [0.05, 0.1) is 14.2 Å². The first-order chi connectivity index (χ1) is 12.9. The van der Waals surface area contributed by atoms with Gasteiger partial charge >= 0.3 is 0 Å². The van der Waals surface area contributed by atoms with Gasteiger partial charge in [-0.05, 0) is 55.3 Å². The smallest absolute Gasteiger partial charge is 0.265 e. The van der Waals surface area contributed by atoms with E-state index in [2.05, 4.69) is 10.0 Å². The quantitative estimate of drug-likeness (QED) is 0.757. The normalized spacial score (nSPS) is 14.1. The summed E-state index contributed by atoms with van der Waals surface area (Å²) in [4.78, 5) is 12.1. The maximum absolute atomic E-state index is 12.8. The summed E-state index contributed by atoms with van der Waals surface area (Å²) in [5.41, 5.74) is 0.810. The van der Waals surface area contributed by atoms with Gasteiger partial charge in [0, 0.05) is 17.3 Å². The summed E-state index contributed by atoms with van der Waals surface area (Å²) in [7, 11) is -0.981. The minimum atomic E-state index is -3.91. The van der Waals surface area contributed by atoms with Crippen LogP contribution in [0.5, 0.6) is 11.5 Å². The van der Waals surface area contributed by atoms with Crippen molar-refractivity contribution in [2.24, 2.45) is 5.92 Å². The Morgan fingerprint density at radius 1 is 1.00 bits per heavy atom. The molecule has 0 saturated heterocycles. The summed E-state index contributed by atoms with van der Waals surface area (Å²) in [6, 6.07) is 11.1. The van der Waals surface area contributed by atoms with E-state index in [4.69, 9.17) is 9.47 Å². The number of anilines is 2. The minimum absolute atomic E-state index is 0.00424. The second-order valence-corrected chi connectivity index (χ2v) is 7.97. The molecule has 2 aromatic rings. The summed E-state index contributed by atoms with van der Waals surface area (Å²) in [6.07, 6.45) is 2.78. The summed E-state index contributed by atoms with van der Waals surface area (Å²) in [5, 5.41) is 2.78. The van der Waals surface area contributed by atoms with E-state index in [1.807, 2.05) is 0 Å². The minimum Gasteiger partial charge on any atom is -0.497 e. The molecule has 3 rings (SSSR count). The monoisotopic (exact) mass is 390 g/mol. The lowest BCUT2D eigenvalue weighted by Gasteiger charge is -2.24. The number of benzene rings is 2.